The average molecular weight is 557 g/mol. The minimum absolute atomic E-state index is 0.148. The van der Waals surface area contributed by atoms with Crippen LogP contribution in [0.1, 0.15) is 28.4 Å². The summed E-state index contributed by atoms with van der Waals surface area (Å²) in [4.78, 5) is 33.8. The molecule has 0 atom stereocenters. The number of non-ortho nitro benzene ring substituents is 1. The molecule has 0 saturated carbocycles. The van der Waals surface area contributed by atoms with Crippen LogP contribution in [0.3, 0.4) is 0 Å². The van der Waals surface area contributed by atoms with Crippen molar-refractivity contribution >= 4 is 23.5 Å². The molecule has 1 amide bonds. The molecular formula is C29H24N4O8. The van der Waals surface area contributed by atoms with E-state index in [1.807, 2.05) is 30.3 Å². The summed E-state index contributed by atoms with van der Waals surface area (Å²) in [6.45, 7) is 2.30. The first-order valence-electron chi connectivity index (χ1n) is 12.3. The first kappa shape index (κ1) is 28.2. The largest absolute Gasteiger partial charge is 0.490 e. The van der Waals surface area contributed by atoms with Gasteiger partial charge in [-0.2, -0.15) is 5.10 Å². The van der Waals surface area contributed by atoms with E-state index in [0.29, 0.717) is 23.5 Å². The van der Waals surface area contributed by atoms with Gasteiger partial charge in [0.25, 0.3) is 11.6 Å². The minimum atomic E-state index is -0.767. The first-order valence-corrected chi connectivity index (χ1v) is 12.3. The number of ether oxygens (including phenoxy) is 3. The van der Waals surface area contributed by atoms with Crippen LogP contribution in [0.15, 0.2) is 96.1 Å². The summed E-state index contributed by atoms with van der Waals surface area (Å²) in [5.41, 5.74) is 3.28. The first-order chi connectivity index (χ1) is 19.9. The monoisotopic (exact) mass is 556 g/mol. The maximum atomic E-state index is 12.8. The summed E-state index contributed by atoms with van der Waals surface area (Å²) < 4.78 is 17.2. The lowest BCUT2D eigenvalue weighted by molar-refractivity contribution is -0.394. The smallest absolute Gasteiger partial charge is 0.318 e. The Morgan fingerprint density at radius 3 is 2.29 bits per heavy atom. The number of hydrazone groups is 1. The van der Waals surface area contributed by atoms with Crippen molar-refractivity contribution in [2.24, 2.45) is 5.10 Å². The third kappa shape index (κ3) is 7.41. The third-order valence-electron chi connectivity index (χ3n) is 5.59. The fourth-order valence-corrected chi connectivity index (χ4v) is 3.67. The molecule has 1 N–H and O–H groups in total. The van der Waals surface area contributed by atoms with Gasteiger partial charge < -0.3 is 14.2 Å². The van der Waals surface area contributed by atoms with Crippen LogP contribution in [-0.4, -0.2) is 28.6 Å². The summed E-state index contributed by atoms with van der Waals surface area (Å²) in [5, 5.41) is 26.5. The summed E-state index contributed by atoms with van der Waals surface area (Å²) >= 11 is 0. The number of benzene rings is 4. The number of nitro groups is 2. The second-order valence-electron chi connectivity index (χ2n) is 8.38. The van der Waals surface area contributed by atoms with Gasteiger partial charge >= 0.3 is 5.69 Å². The zero-order chi connectivity index (χ0) is 29.2. The molecule has 0 aromatic heterocycles. The van der Waals surface area contributed by atoms with Gasteiger partial charge in [0.1, 0.15) is 12.4 Å². The molecule has 0 unspecified atom stereocenters. The van der Waals surface area contributed by atoms with E-state index in [2.05, 4.69) is 10.5 Å². The van der Waals surface area contributed by atoms with Crippen molar-refractivity contribution in [3.63, 3.8) is 0 Å². The van der Waals surface area contributed by atoms with E-state index < -0.39 is 27.1 Å². The van der Waals surface area contributed by atoms with Crippen molar-refractivity contribution in [1.82, 2.24) is 5.43 Å². The van der Waals surface area contributed by atoms with Crippen LogP contribution in [0.5, 0.6) is 23.0 Å². The van der Waals surface area contributed by atoms with E-state index in [1.165, 1.54) is 12.3 Å². The normalized spacial score (nSPS) is 10.7. The number of rotatable bonds is 12. The Morgan fingerprint density at radius 2 is 1.56 bits per heavy atom. The SMILES string of the molecule is CCOc1cc(/C=N/NC(=O)c2ccccc2OCc2ccccc2)ccc1Oc1ccc([N+](=O)[O-])cc1[N+](=O)[O-]. The molecule has 0 spiro atoms. The van der Waals surface area contributed by atoms with Crippen LogP contribution in [0.4, 0.5) is 11.4 Å². The Hall–Kier alpha value is -5.78. The van der Waals surface area contributed by atoms with Crippen LogP contribution >= 0.6 is 0 Å². The molecule has 41 heavy (non-hydrogen) atoms. The van der Waals surface area contributed by atoms with Crippen molar-refractivity contribution in [3.05, 3.63) is 128 Å². The summed E-state index contributed by atoms with van der Waals surface area (Å²) in [7, 11) is 0. The predicted octanol–water partition coefficient (Wildman–Crippen LogP) is 6.04. The van der Waals surface area contributed by atoms with Gasteiger partial charge in [-0.1, -0.05) is 42.5 Å². The van der Waals surface area contributed by atoms with Crippen LogP contribution in [0.2, 0.25) is 0 Å². The molecular weight excluding hydrogens is 532 g/mol. The van der Waals surface area contributed by atoms with E-state index in [1.54, 1.807) is 43.3 Å². The Bertz CT molecular complexity index is 1590. The Kier molecular flexibility index (Phi) is 9.18. The highest BCUT2D eigenvalue weighted by molar-refractivity contribution is 5.97. The highest BCUT2D eigenvalue weighted by Crippen LogP contribution is 2.38. The second kappa shape index (κ2) is 13.3. The van der Waals surface area contributed by atoms with Crippen molar-refractivity contribution in [2.75, 3.05) is 6.61 Å². The van der Waals surface area contributed by atoms with E-state index in [9.17, 15) is 25.0 Å². The number of nitrogens with one attached hydrogen (secondary N) is 1. The molecule has 4 aromatic rings. The zero-order valence-electron chi connectivity index (χ0n) is 21.8. The van der Waals surface area contributed by atoms with Crippen molar-refractivity contribution in [2.45, 2.75) is 13.5 Å². The number of carbonyl (C=O) groups is 1. The van der Waals surface area contributed by atoms with Gasteiger partial charge in [-0.3, -0.25) is 25.0 Å². The highest BCUT2D eigenvalue weighted by Gasteiger charge is 2.22. The highest BCUT2D eigenvalue weighted by atomic mass is 16.6. The fraction of sp³-hybridized carbons (Fsp3) is 0.103. The Balaban J connectivity index is 1.47. The summed E-state index contributed by atoms with van der Waals surface area (Å²) in [6.07, 6.45) is 1.39. The molecule has 0 heterocycles. The lowest BCUT2D eigenvalue weighted by Crippen LogP contribution is -2.18. The van der Waals surface area contributed by atoms with Crippen LogP contribution in [0.25, 0.3) is 0 Å². The van der Waals surface area contributed by atoms with Crippen molar-refractivity contribution in [1.29, 1.82) is 0 Å². The number of nitrogens with zero attached hydrogens (tertiary/aromatic N) is 3. The predicted molar refractivity (Wildman–Crippen MR) is 150 cm³/mol. The molecule has 0 aliphatic carbocycles. The molecule has 0 aliphatic rings. The summed E-state index contributed by atoms with van der Waals surface area (Å²) in [6, 6.07) is 24.1. The Morgan fingerprint density at radius 1 is 0.829 bits per heavy atom. The molecule has 4 aromatic carbocycles. The Labute approximate surface area is 234 Å². The molecule has 0 aliphatic heterocycles. The molecule has 0 saturated heterocycles. The van der Waals surface area contributed by atoms with Gasteiger partial charge in [0.05, 0.1) is 34.3 Å². The molecule has 12 nitrogen and oxygen atoms in total. The molecule has 208 valence electrons. The lowest BCUT2D eigenvalue weighted by Gasteiger charge is -2.12. The number of carbonyl (C=O) groups excluding carboxylic acids is 1. The molecule has 0 fully saturated rings. The number of hydrogen-bond acceptors (Lipinski definition) is 9. The topological polar surface area (TPSA) is 155 Å². The second-order valence-corrected chi connectivity index (χ2v) is 8.38. The molecule has 0 radical (unpaired) electrons. The fourth-order valence-electron chi connectivity index (χ4n) is 3.67. The molecule has 0 bridgehead atoms. The quantitative estimate of drug-likeness (QED) is 0.126. The van der Waals surface area contributed by atoms with Gasteiger partial charge in [-0.15, -0.1) is 0 Å². The molecule has 12 heteroatoms. The molecule has 4 rings (SSSR count). The number of hydrogen-bond donors (Lipinski definition) is 1. The average Bonchev–Trinajstić information content (AvgIpc) is 2.98. The maximum absolute atomic E-state index is 12.8. The van der Waals surface area contributed by atoms with Gasteiger partial charge in [-0.25, -0.2) is 5.43 Å². The zero-order valence-corrected chi connectivity index (χ0v) is 21.8. The van der Waals surface area contributed by atoms with E-state index in [0.717, 1.165) is 23.8 Å². The van der Waals surface area contributed by atoms with E-state index >= 15 is 0 Å². The van der Waals surface area contributed by atoms with E-state index in [4.69, 9.17) is 14.2 Å². The van der Waals surface area contributed by atoms with Gasteiger partial charge in [0, 0.05) is 6.07 Å². The lowest BCUT2D eigenvalue weighted by atomic mass is 10.2. The van der Waals surface area contributed by atoms with Crippen LogP contribution in [0, 0.1) is 20.2 Å². The van der Waals surface area contributed by atoms with Gasteiger partial charge in [0.2, 0.25) is 5.75 Å². The van der Waals surface area contributed by atoms with Crippen LogP contribution in [-0.2, 0) is 6.61 Å². The van der Waals surface area contributed by atoms with Gasteiger partial charge in [-0.05, 0) is 54.4 Å². The summed E-state index contributed by atoms with van der Waals surface area (Å²) in [5.74, 6) is 0.137. The third-order valence-corrected chi connectivity index (χ3v) is 5.59. The van der Waals surface area contributed by atoms with Crippen molar-refractivity contribution < 1.29 is 28.9 Å². The standard InChI is InChI=1S/C29H24N4O8/c1-2-39-28-16-21(12-14-27(28)41-26-15-13-22(32(35)36)17-24(26)33(37)38)18-30-31-29(34)23-10-6-7-11-25(23)40-19-20-8-4-3-5-9-20/h3-18H,2,19H2,1H3,(H,31,34)/b30-18+. The number of nitro benzene ring substituents is 2. The minimum Gasteiger partial charge on any atom is -0.490 e. The van der Waals surface area contributed by atoms with Gasteiger partial charge in [0.15, 0.2) is 11.5 Å². The number of para-hydroxylation sites is 1. The maximum Gasteiger partial charge on any atom is 0.318 e. The van der Waals surface area contributed by atoms with Crippen LogP contribution < -0.4 is 19.6 Å². The number of amides is 1. The van der Waals surface area contributed by atoms with E-state index in [-0.39, 0.29) is 23.9 Å². The van der Waals surface area contributed by atoms with Crippen molar-refractivity contribution in [3.8, 4) is 23.0 Å².